The van der Waals surface area contributed by atoms with Gasteiger partial charge in [-0.2, -0.15) is 4.39 Å². The maximum Gasteiger partial charge on any atom is 0.200 e. The van der Waals surface area contributed by atoms with Crippen LogP contribution in [0.1, 0.15) is 25.7 Å². The summed E-state index contributed by atoms with van der Waals surface area (Å²) in [4.78, 5) is 0. The van der Waals surface area contributed by atoms with E-state index in [2.05, 4.69) is 0 Å². The summed E-state index contributed by atoms with van der Waals surface area (Å²) in [6, 6.07) is 3.93. The van der Waals surface area contributed by atoms with Crippen LogP contribution in [0.25, 0.3) is 0 Å². The van der Waals surface area contributed by atoms with Crippen molar-refractivity contribution in [3.8, 4) is 5.75 Å². The molecule has 4 heteroatoms. The molecule has 0 aliphatic heterocycles. The molecule has 1 rings (SSSR count). The van der Waals surface area contributed by atoms with E-state index in [4.69, 9.17) is 10.5 Å². The minimum atomic E-state index is -0.913. The lowest BCUT2D eigenvalue weighted by atomic mass is 10.2. The fourth-order valence-electron chi connectivity index (χ4n) is 1.38. The summed E-state index contributed by atoms with van der Waals surface area (Å²) in [5, 5.41) is 0. The summed E-state index contributed by atoms with van der Waals surface area (Å²) in [5.41, 5.74) is 5.35. The highest BCUT2D eigenvalue weighted by atomic mass is 19.2. The molecule has 0 atom stereocenters. The van der Waals surface area contributed by atoms with Crippen LogP contribution < -0.4 is 10.5 Å². The monoisotopic (exact) mass is 229 g/mol. The van der Waals surface area contributed by atoms with E-state index in [-0.39, 0.29) is 5.75 Å². The van der Waals surface area contributed by atoms with Crippen molar-refractivity contribution >= 4 is 0 Å². The molecule has 0 aliphatic rings. The maximum absolute atomic E-state index is 13.1. The Morgan fingerprint density at radius 2 is 1.81 bits per heavy atom. The zero-order chi connectivity index (χ0) is 11.8. The largest absolute Gasteiger partial charge is 0.490 e. The Kier molecular flexibility index (Phi) is 5.78. The van der Waals surface area contributed by atoms with Crippen LogP contribution in [-0.2, 0) is 0 Å². The topological polar surface area (TPSA) is 35.2 Å². The van der Waals surface area contributed by atoms with E-state index in [1.807, 2.05) is 0 Å². The number of halogens is 2. The van der Waals surface area contributed by atoms with E-state index in [1.54, 1.807) is 0 Å². The van der Waals surface area contributed by atoms with Gasteiger partial charge in [0, 0.05) is 0 Å². The Bertz CT molecular complexity index is 318. The molecule has 0 amide bonds. The van der Waals surface area contributed by atoms with Crippen molar-refractivity contribution in [3.63, 3.8) is 0 Å². The Morgan fingerprint density at radius 1 is 1.06 bits per heavy atom. The molecule has 0 saturated carbocycles. The second-order valence-corrected chi connectivity index (χ2v) is 3.60. The quantitative estimate of drug-likeness (QED) is 0.730. The number of hydrogen-bond acceptors (Lipinski definition) is 2. The Morgan fingerprint density at radius 3 is 2.56 bits per heavy atom. The maximum atomic E-state index is 13.1. The van der Waals surface area contributed by atoms with E-state index < -0.39 is 11.6 Å². The van der Waals surface area contributed by atoms with Crippen LogP contribution in [0.5, 0.6) is 5.75 Å². The molecule has 0 heterocycles. The molecule has 0 unspecified atom stereocenters. The van der Waals surface area contributed by atoms with Gasteiger partial charge >= 0.3 is 0 Å². The van der Waals surface area contributed by atoms with Gasteiger partial charge in [-0.3, -0.25) is 0 Å². The summed E-state index contributed by atoms with van der Waals surface area (Å²) < 4.78 is 31.1. The molecular weight excluding hydrogens is 212 g/mol. The Balaban J connectivity index is 2.24. The third-order valence-electron chi connectivity index (χ3n) is 2.27. The lowest BCUT2D eigenvalue weighted by molar-refractivity contribution is 0.285. The van der Waals surface area contributed by atoms with Crippen molar-refractivity contribution in [1.29, 1.82) is 0 Å². The molecule has 0 radical (unpaired) electrons. The fraction of sp³-hybridized carbons (Fsp3) is 0.500. The van der Waals surface area contributed by atoms with E-state index in [9.17, 15) is 8.78 Å². The average Bonchev–Trinajstić information content (AvgIpc) is 2.29. The van der Waals surface area contributed by atoms with Gasteiger partial charge in [-0.15, -0.1) is 0 Å². The third-order valence-corrected chi connectivity index (χ3v) is 2.27. The molecule has 2 N–H and O–H groups in total. The number of unbranched alkanes of at least 4 members (excludes halogenated alkanes) is 3. The van der Waals surface area contributed by atoms with Crippen molar-refractivity contribution < 1.29 is 13.5 Å². The summed E-state index contributed by atoms with van der Waals surface area (Å²) >= 11 is 0. The van der Waals surface area contributed by atoms with E-state index >= 15 is 0 Å². The number of nitrogens with two attached hydrogens (primary N) is 1. The average molecular weight is 229 g/mol. The number of rotatable bonds is 7. The number of hydrogen-bond donors (Lipinski definition) is 1. The molecule has 16 heavy (non-hydrogen) atoms. The lowest BCUT2D eigenvalue weighted by Gasteiger charge is -2.07. The van der Waals surface area contributed by atoms with Crippen molar-refractivity contribution in [2.24, 2.45) is 5.73 Å². The van der Waals surface area contributed by atoms with Gasteiger partial charge in [0.1, 0.15) is 0 Å². The van der Waals surface area contributed by atoms with Crippen LogP contribution in [0.15, 0.2) is 18.2 Å². The first kappa shape index (κ1) is 12.9. The van der Waals surface area contributed by atoms with Gasteiger partial charge in [0.05, 0.1) is 6.61 Å². The van der Waals surface area contributed by atoms with Crippen LogP contribution >= 0.6 is 0 Å². The zero-order valence-corrected chi connectivity index (χ0v) is 9.22. The molecule has 0 spiro atoms. The predicted molar refractivity (Wildman–Crippen MR) is 59.4 cm³/mol. The summed E-state index contributed by atoms with van der Waals surface area (Å²) in [6.45, 7) is 1.10. The van der Waals surface area contributed by atoms with Crippen LogP contribution in [0.2, 0.25) is 0 Å². The molecule has 90 valence electrons. The zero-order valence-electron chi connectivity index (χ0n) is 9.22. The molecular formula is C12H17F2NO. The van der Waals surface area contributed by atoms with Crippen molar-refractivity contribution in [2.75, 3.05) is 13.2 Å². The van der Waals surface area contributed by atoms with Crippen LogP contribution in [0.4, 0.5) is 8.78 Å². The van der Waals surface area contributed by atoms with E-state index in [1.165, 1.54) is 12.1 Å². The summed E-state index contributed by atoms with van der Waals surface area (Å²) in [5.74, 6) is -1.80. The van der Waals surface area contributed by atoms with Gasteiger partial charge in [-0.05, 0) is 31.5 Å². The van der Waals surface area contributed by atoms with E-state index in [0.29, 0.717) is 13.2 Å². The minimum absolute atomic E-state index is 0.0150. The predicted octanol–water partition coefficient (Wildman–Crippen LogP) is 2.86. The molecule has 2 nitrogen and oxygen atoms in total. The molecule has 0 saturated heterocycles. The van der Waals surface area contributed by atoms with Gasteiger partial charge in [0.2, 0.25) is 5.82 Å². The van der Waals surface area contributed by atoms with Crippen LogP contribution in [-0.4, -0.2) is 13.2 Å². The van der Waals surface area contributed by atoms with Crippen molar-refractivity contribution in [2.45, 2.75) is 25.7 Å². The highest BCUT2D eigenvalue weighted by Crippen LogP contribution is 2.19. The molecule has 0 aliphatic carbocycles. The van der Waals surface area contributed by atoms with Crippen molar-refractivity contribution in [1.82, 2.24) is 0 Å². The third kappa shape index (κ3) is 4.14. The first-order valence-corrected chi connectivity index (χ1v) is 5.52. The van der Waals surface area contributed by atoms with Gasteiger partial charge < -0.3 is 10.5 Å². The summed E-state index contributed by atoms with van der Waals surface area (Å²) in [6.07, 6.45) is 3.86. The van der Waals surface area contributed by atoms with Crippen LogP contribution in [0.3, 0.4) is 0 Å². The van der Waals surface area contributed by atoms with E-state index in [0.717, 1.165) is 31.7 Å². The van der Waals surface area contributed by atoms with Gasteiger partial charge in [-0.25, -0.2) is 4.39 Å². The smallest absolute Gasteiger partial charge is 0.200 e. The minimum Gasteiger partial charge on any atom is -0.490 e. The molecule has 0 bridgehead atoms. The first-order valence-electron chi connectivity index (χ1n) is 5.52. The lowest BCUT2D eigenvalue weighted by Crippen LogP contribution is -2.02. The molecule has 0 aromatic heterocycles. The number of ether oxygens (including phenoxy) is 1. The van der Waals surface area contributed by atoms with Gasteiger partial charge in [0.15, 0.2) is 11.6 Å². The second-order valence-electron chi connectivity index (χ2n) is 3.60. The molecule has 1 aromatic carbocycles. The normalized spacial score (nSPS) is 10.4. The first-order chi connectivity index (χ1) is 7.75. The highest BCUT2D eigenvalue weighted by Gasteiger charge is 2.07. The number of benzene rings is 1. The standard InChI is InChI=1S/C12H17F2NO/c13-10-6-5-7-11(12(10)14)16-9-4-2-1-3-8-15/h5-7H,1-4,8-9,15H2. The molecule has 0 fully saturated rings. The molecule has 1 aromatic rings. The fourth-order valence-corrected chi connectivity index (χ4v) is 1.38. The van der Waals surface area contributed by atoms with Gasteiger partial charge in [0.25, 0.3) is 0 Å². The summed E-state index contributed by atoms with van der Waals surface area (Å²) in [7, 11) is 0. The SMILES string of the molecule is NCCCCCCOc1cccc(F)c1F. The second kappa shape index (κ2) is 7.17. The van der Waals surface area contributed by atoms with Crippen molar-refractivity contribution in [3.05, 3.63) is 29.8 Å². The Labute approximate surface area is 94.4 Å². The highest BCUT2D eigenvalue weighted by molar-refractivity contribution is 5.24. The van der Waals surface area contributed by atoms with Crippen LogP contribution in [0, 0.1) is 11.6 Å². The Hall–Kier alpha value is -1.16. The van der Waals surface area contributed by atoms with Gasteiger partial charge in [-0.1, -0.05) is 18.9 Å².